The van der Waals surface area contributed by atoms with Gasteiger partial charge in [-0.15, -0.1) is 0 Å². The molecule has 1 aliphatic heterocycles. The topological polar surface area (TPSA) is 238 Å². The standard InChI is InChI=1S/C32H36N8O7/c33-28-23-30(37-16-36-28)40(17-38-23)32-26(44)25(43)27(47-32)31(46)35-14-6-2-5-9-22(41)39-21(29(34)45)15-18-10-12-20(13-11-18)24(42)19-7-3-1-4-8-19/h1,3-4,7-8,10-13,16-17,21,25-27,32,43-44H,2,5-6,9,14-15H2,(H2,34,45)(H,35,46)(H,39,41)(H2,33,36,37)/t21-,25-,26+,27-,32+/m0/s1. The molecule has 0 aliphatic carbocycles. The number of unbranched alkanes of at least 4 members (excludes halogenated alkanes) is 2. The van der Waals surface area contributed by atoms with Crippen LogP contribution in [0.2, 0.25) is 0 Å². The summed E-state index contributed by atoms with van der Waals surface area (Å²) in [5.41, 5.74) is 13.7. The first-order valence-corrected chi connectivity index (χ1v) is 15.1. The van der Waals surface area contributed by atoms with Crippen molar-refractivity contribution in [2.45, 2.75) is 62.7 Å². The summed E-state index contributed by atoms with van der Waals surface area (Å²) in [5, 5.41) is 26.4. The normalized spacial score (nSPS) is 19.7. The average Bonchev–Trinajstić information content (AvgIpc) is 3.63. The molecule has 0 unspecified atom stereocenters. The molecule has 3 amide bonds. The average molecular weight is 645 g/mol. The number of nitrogen functional groups attached to an aromatic ring is 1. The quantitative estimate of drug-likeness (QED) is 0.0798. The predicted octanol–water partition coefficient (Wildman–Crippen LogP) is 0.148. The van der Waals surface area contributed by atoms with E-state index in [4.69, 9.17) is 16.2 Å². The number of nitrogens with one attached hydrogen (secondary N) is 2. The zero-order chi connectivity index (χ0) is 33.5. The number of hydrogen-bond acceptors (Lipinski definition) is 11. The molecular formula is C32H36N8O7. The summed E-state index contributed by atoms with van der Waals surface area (Å²) in [6.45, 7) is 0.248. The van der Waals surface area contributed by atoms with Crippen LogP contribution in [0.3, 0.4) is 0 Å². The minimum Gasteiger partial charge on any atom is -0.387 e. The molecule has 0 spiro atoms. The molecule has 8 N–H and O–H groups in total. The van der Waals surface area contributed by atoms with Gasteiger partial charge in [0, 0.05) is 30.5 Å². The van der Waals surface area contributed by atoms with Crippen LogP contribution in [0.5, 0.6) is 0 Å². The van der Waals surface area contributed by atoms with Crippen molar-refractivity contribution in [3.8, 4) is 0 Å². The van der Waals surface area contributed by atoms with Gasteiger partial charge in [-0.3, -0.25) is 23.7 Å². The number of aliphatic hydroxyl groups excluding tert-OH is 2. The van der Waals surface area contributed by atoms with Gasteiger partial charge in [0.15, 0.2) is 29.6 Å². The first-order valence-electron chi connectivity index (χ1n) is 15.1. The lowest BCUT2D eigenvalue weighted by molar-refractivity contribution is -0.137. The van der Waals surface area contributed by atoms with Gasteiger partial charge in [-0.25, -0.2) is 15.0 Å². The summed E-state index contributed by atoms with van der Waals surface area (Å²) in [7, 11) is 0. The van der Waals surface area contributed by atoms with Crippen LogP contribution in [0.25, 0.3) is 11.2 Å². The Balaban J connectivity index is 1.02. The Morgan fingerprint density at radius 3 is 2.36 bits per heavy atom. The van der Waals surface area contributed by atoms with Crippen LogP contribution >= 0.6 is 0 Å². The number of carbonyl (C=O) groups excluding carboxylic acids is 4. The lowest BCUT2D eigenvalue weighted by Crippen LogP contribution is -2.45. The summed E-state index contributed by atoms with van der Waals surface area (Å²) in [5.74, 6) is -1.59. The third-order valence-electron chi connectivity index (χ3n) is 7.91. The second-order valence-corrected chi connectivity index (χ2v) is 11.2. The maximum absolute atomic E-state index is 12.7. The predicted molar refractivity (Wildman–Crippen MR) is 168 cm³/mol. The van der Waals surface area contributed by atoms with Gasteiger partial charge in [0.25, 0.3) is 5.91 Å². The molecule has 5 rings (SSSR count). The molecule has 15 heteroatoms. The number of ketones is 1. The molecule has 3 heterocycles. The first-order chi connectivity index (χ1) is 22.6. The number of fused-ring (bicyclic) bond motifs is 1. The van der Waals surface area contributed by atoms with E-state index in [1.165, 1.54) is 17.2 Å². The van der Waals surface area contributed by atoms with Crippen molar-refractivity contribution in [3.05, 3.63) is 83.9 Å². The maximum atomic E-state index is 12.7. The Bertz CT molecular complexity index is 1730. The Labute approximate surface area is 269 Å². The van der Waals surface area contributed by atoms with E-state index in [9.17, 15) is 29.4 Å². The molecule has 0 radical (unpaired) electrons. The molecule has 15 nitrogen and oxygen atoms in total. The fourth-order valence-electron chi connectivity index (χ4n) is 5.34. The minimum absolute atomic E-state index is 0.116. The number of aliphatic hydroxyl groups is 2. The second kappa shape index (κ2) is 14.9. The number of hydrogen-bond donors (Lipinski definition) is 6. The maximum Gasteiger partial charge on any atom is 0.252 e. The van der Waals surface area contributed by atoms with Crippen molar-refractivity contribution in [2.24, 2.45) is 5.73 Å². The van der Waals surface area contributed by atoms with Crippen LogP contribution in [-0.4, -0.2) is 84.1 Å². The monoisotopic (exact) mass is 644 g/mol. The third-order valence-corrected chi connectivity index (χ3v) is 7.91. The number of aromatic nitrogens is 4. The summed E-state index contributed by atoms with van der Waals surface area (Å²) in [4.78, 5) is 62.0. The van der Waals surface area contributed by atoms with Gasteiger partial charge in [-0.1, -0.05) is 61.0 Å². The molecule has 1 saturated heterocycles. The van der Waals surface area contributed by atoms with E-state index in [1.54, 1.807) is 48.5 Å². The number of benzene rings is 2. The summed E-state index contributed by atoms with van der Waals surface area (Å²) < 4.78 is 7.07. The number of primary amides is 1. The largest absolute Gasteiger partial charge is 0.387 e. The summed E-state index contributed by atoms with van der Waals surface area (Å²) in [6.07, 6.45) is -0.860. The highest BCUT2D eigenvalue weighted by Crippen LogP contribution is 2.32. The molecule has 5 atom stereocenters. The van der Waals surface area contributed by atoms with Gasteiger partial charge in [0.2, 0.25) is 11.8 Å². The fraction of sp³-hybridized carbons (Fsp3) is 0.344. The number of anilines is 1. The van der Waals surface area contributed by atoms with Crippen LogP contribution in [0.4, 0.5) is 5.82 Å². The van der Waals surface area contributed by atoms with Crippen molar-refractivity contribution >= 4 is 40.5 Å². The number of rotatable bonds is 14. The van der Waals surface area contributed by atoms with Crippen molar-refractivity contribution in [1.29, 1.82) is 0 Å². The van der Waals surface area contributed by atoms with E-state index < -0.39 is 42.4 Å². The molecule has 2 aromatic heterocycles. The van der Waals surface area contributed by atoms with E-state index in [0.717, 1.165) is 5.56 Å². The minimum atomic E-state index is -1.49. The van der Waals surface area contributed by atoms with E-state index in [-0.39, 0.29) is 42.5 Å². The van der Waals surface area contributed by atoms with Gasteiger partial charge in [-0.05, 0) is 18.4 Å². The lowest BCUT2D eigenvalue weighted by Gasteiger charge is -2.16. The molecule has 1 fully saturated rings. The van der Waals surface area contributed by atoms with Gasteiger partial charge in [-0.2, -0.15) is 0 Å². The van der Waals surface area contributed by atoms with Gasteiger partial charge in [0.05, 0.1) is 6.33 Å². The molecule has 0 bridgehead atoms. The highest BCUT2D eigenvalue weighted by molar-refractivity contribution is 6.09. The van der Waals surface area contributed by atoms with Crippen LogP contribution in [-0.2, 0) is 25.5 Å². The Morgan fingerprint density at radius 1 is 0.915 bits per heavy atom. The van der Waals surface area contributed by atoms with Gasteiger partial charge >= 0.3 is 0 Å². The van der Waals surface area contributed by atoms with Crippen LogP contribution < -0.4 is 22.1 Å². The Morgan fingerprint density at radius 2 is 1.64 bits per heavy atom. The number of nitrogens with zero attached hydrogens (tertiary/aromatic N) is 4. The highest BCUT2D eigenvalue weighted by atomic mass is 16.6. The Hall–Kier alpha value is -5.25. The number of ether oxygens (including phenoxy) is 1. The van der Waals surface area contributed by atoms with Crippen molar-refractivity contribution < 1.29 is 34.1 Å². The third kappa shape index (κ3) is 7.77. The highest BCUT2D eigenvalue weighted by Gasteiger charge is 2.47. The van der Waals surface area contributed by atoms with E-state index in [1.807, 2.05) is 6.07 Å². The fourth-order valence-corrected chi connectivity index (χ4v) is 5.34. The SMILES string of the molecule is NC(=O)[C@H](Cc1ccc(C(=O)c2ccccc2)cc1)NC(=O)CCCCCNC(=O)[C@H]1O[C@@H](n2cnc3c(N)ncnc32)[C@H](O)[C@@H]1O. The molecule has 246 valence electrons. The van der Waals surface area contributed by atoms with Crippen molar-refractivity contribution in [2.75, 3.05) is 12.3 Å². The van der Waals surface area contributed by atoms with Crippen LogP contribution in [0.15, 0.2) is 67.3 Å². The molecular weight excluding hydrogens is 608 g/mol. The number of imidazole rings is 1. The van der Waals surface area contributed by atoms with Gasteiger partial charge in [0.1, 0.15) is 30.1 Å². The van der Waals surface area contributed by atoms with E-state index in [0.29, 0.717) is 35.9 Å². The molecule has 0 saturated carbocycles. The van der Waals surface area contributed by atoms with E-state index in [2.05, 4.69) is 25.6 Å². The summed E-state index contributed by atoms with van der Waals surface area (Å²) >= 11 is 0. The molecule has 4 aromatic rings. The zero-order valence-electron chi connectivity index (χ0n) is 25.4. The van der Waals surface area contributed by atoms with Crippen LogP contribution in [0.1, 0.15) is 53.4 Å². The second-order valence-electron chi connectivity index (χ2n) is 11.2. The van der Waals surface area contributed by atoms with E-state index >= 15 is 0 Å². The van der Waals surface area contributed by atoms with Gasteiger partial charge < -0.3 is 37.1 Å². The summed E-state index contributed by atoms with van der Waals surface area (Å²) in [6, 6.07) is 14.8. The molecule has 1 aliphatic rings. The number of amides is 3. The van der Waals surface area contributed by atoms with Crippen LogP contribution in [0, 0.1) is 0 Å². The molecule has 47 heavy (non-hydrogen) atoms. The first kappa shape index (κ1) is 33.1. The number of nitrogens with two attached hydrogens (primary N) is 2. The zero-order valence-corrected chi connectivity index (χ0v) is 25.4. The Kier molecular flexibility index (Phi) is 10.5. The lowest BCUT2D eigenvalue weighted by atomic mass is 9.99. The van der Waals surface area contributed by atoms with Crippen molar-refractivity contribution in [1.82, 2.24) is 30.2 Å². The smallest absolute Gasteiger partial charge is 0.252 e. The molecule has 2 aromatic carbocycles. The number of carbonyl (C=O) groups is 4. The van der Waals surface area contributed by atoms with Crippen molar-refractivity contribution in [3.63, 3.8) is 0 Å².